The molecule has 1 aromatic heterocycles. The summed E-state index contributed by atoms with van der Waals surface area (Å²) in [5.74, 6) is -0.592. The van der Waals surface area contributed by atoms with Gasteiger partial charge in [0.2, 0.25) is 0 Å². The number of fused-ring (bicyclic) bond motifs is 1. The van der Waals surface area contributed by atoms with E-state index in [0.29, 0.717) is 41.0 Å². The standard InChI is InChI=1S/C31H28N4O4/c1-19-11-13-23(14-12-19)30(37)34-35-31(38)28-20(2)27-25(9-6-10-26(27)39-28)32-33-29(36)24-17-15-22(16-18-24)21-7-4-3-5-8-21/h3-5,7-8,11-18H,6,9-10H2,1-2H3,(H,33,36)(H,34,37)(H,35,38)/b32-25+. The summed E-state index contributed by atoms with van der Waals surface area (Å²) in [7, 11) is 0. The van der Waals surface area contributed by atoms with Gasteiger partial charge in [0, 0.05) is 28.7 Å². The van der Waals surface area contributed by atoms with E-state index in [2.05, 4.69) is 21.4 Å². The number of amides is 3. The maximum atomic E-state index is 12.8. The first-order valence-electron chi connectivity index (χ1n) is 12.7. The zero-order valence-electron chi connectivity index (χ0n) is 21.7. The van der Waals surface area contributed by atoms with Gasteiger partial charge in [0.25, 0.3) is 11.8 Å². The highest BCUT2D eigenvalue weighted by molar-refractivity contribution is 6.07. The van der Waals surface area contributed by atoms with Crippen LogP contribution in [0, 0.1) is 13.8 Å². The molecule has 0 spiro atoms. The molecular weight excluding hydrogens is 492 g/mol. The van der Waals surface area contributed by atoms with E-state index in [1.54, 1.807) is 31.2 Å². The number of hydrazone groups is 1. The molecule has 3 N–H and O–H groups in total. The third-order valence-corrected chi connectivity index (χ3v) is 6.68. The van der Waals surface area contributed by atoms with Crippen molar-refractivity contribution in [3.63, 3.8) is 0 Å². The summed E-state index contributed by atoms with van der Waals surface area (Å²) in [6.07, 6.45) is 2.05. The Morgan fingerprint density at radius 2 is 1.33 bits per heavy atom. The first kappa shape index (κ1) is 25.7. The smallest absolute Gasteiger partial charge is 0.305 e. The van der Waals surface area contributed by atoms with Crippen LogP contribution in [0.3, 0.4) is 0 Å². The molecule has 0 fully saturated rings. The number of hydrogen-bond donors (Lipinski definition) is 3. The second kappa shape index (κ2) is 11.2. The highest BCUT2D eigenvalue weighted by Crippen LogP contribution is 2.30. The second-order valence-electron chi connectivity index (χ2n) is 9.42. The molecule has 0 atom stereocenters. The Hall–Kier alpha value is -4.98. The van der Waals surface area contributed by atoms with Crippen LogP contribution in [0.15, 0.2) is 88.4 Å². The minimum Gasteiger partial charge on any atom is -0.455 e. The topological polar surface area (TPSA) is 113 Å². The predicted octanol–water partition coefficient (Wildman–Crippen LogP) is 5.11. The Morgan fingerprint density at radius 1 is 0.718 bits per heavy atom. The molecule has 0 saturated heterocycles. The van der Waals surface area contributed by atoms with Gasteiger partial charge in [-0.1, -0.05) is 60.2 Å². The van der Waals surface area contributed by atoms with E-state index < -0.39 is 11.8 Å². The lowest BCUT2D eigenvalue weighted by Gasteiger charge is -2.13. The van der Waals surface area contributed by atoms with E-state index >= 15 is 0 Å². The van der Waals surface area contributed by atoms with Crippen molar-refractivity contribution in [3.05, 3.63) is 118 Å². The van der Waals surface area contributed by atoms with Crippen molar-refractivity contribution in [2.45, 2.75) is 33.1 Å². The van der Waals surface area contributed by atoms with Gasteiger partial charge in [0.1, 0.15) is 5.76 Å². The van der Waals surface area contributed by atoms with E-state index in [4.69, 9.17) is 4.42 Å². The fourth-order valence-electron chi connectivity index (χ4n) is 4.57. The van der Waals surface area contributed by atoms with Gasteiger partial charge in [-0.05, 0) is 62.1 Å². The van der Waals surface area contributed by atoms with Crippen molar-refractivity contribution in [1.82, 2.24) is 16.3 Å². The van der Waals surface area contributed by atoms with Crippen LogP contribution in [0.5, 0.6) is 0 Å². The predicted molar refractivity (Wildman–Crippen MR) is 148 cm³/mol. The number of carbonyl (C=O) groups is 3. The monoisotopic (exact) mass is 520 g/mol. The van der Waals surface area contributed by atoms with Crippen LogP contribution < -0.4 is 16.3 Å². The maximum Gasteiger partial charge on any atom is 0.305 e. The van der Waals surface area contributed by atoms with Crippen molar-refractivity contribution < 1.29 is 18.8 Å². The van der Waals surface area contributed by atoms with Crippen LogP contribution in [0.2, 0.25) is 0 Å². The zero-order valence-corrected chi connectivity index (χ0v) is 21.7. The molecule has 0 aliphatic heterocycles. The van der Waals surface area contributed by atoms with E-state index in [1.165, 1.54) is 0 Å². The lowest BCUT2D eigenvalue weighted by molar-refractivity contribution is 0.0829. The van der Waals surface area contributed by atoms with Crippen LogP contribution in [0.25, 0.3) is 11.1 Å². The number of rotatable bonds is 5. The summed E-state index contributed by atoms with van der Waals surface area (Å²) in [5, 5.41) is 4.39. The Morgan fingerprint density at radius 3 is 2.05 bits per heavy atom. The van der Waals surface area contributed by atoms with Crippen molar-refractivity contribution in [2.24, 2.45) is 5.10 Å². The fraction of sp³-hybridized carbons (Fsp3) is 0.161. The third-order valence-electron chi connectivity index (χ3n) is 6.68. The van der Waals surface area contributed by atoms with Gasteiger partial charge in [-0.2, -0.15) is 5.10 Å². The molecule has 39 heavy (non-hydrogen) atoms. The molecule has 196 valence electrons. The zero-order chi connectivity index (χ0) is 27.4. The Kier molecular flexibility index (Phi) is 7.36. The molecular formula is C31H28N4O4. The average Bonchev–Trinajstić information content (AvgIpc) is 3.32. The number of aryl methyl sites for hydroxylation is 2. The van der Waals surface area contributed by atoms with Crippen LogP contribution >= 0.6 is 0 Å². The summed E-state index contributed by atoms with van der Waals surface area (Å²) in [5.41, 5.74) is 13.5. The highest BCUT2D eigenvalue weighted by atomic mass is 16.4. The molecule has 4 aromatic rings. The lowest BCUT2D eigenvalue weighted by atomic mass is 9.93. The summed E-state index contributed by atoms with van der Waals surface area (Å²) < 4.78 is 5.87. The molecule has 8 heteroatoms. The highest BCUT2D eigenvalue weighted by Gasteiger charge is 2.28. The van der Waals surface area contributed by atoms with Gasteiger partial charge in [0.15, 0.2) is 5.76 Å². The first-order chi connectivity index (χ1) is 18.9. The van der Waals surface area contributed by atoms with Crippen LogP contribution in [0.1, 0.15) is 66.6 Å². The number of hydrogen-bond acceptors (Lipinski definition) is 5. The van der Waals surface area contributed by atoms with E-state index in [-0.39, 0.29) is 11.7 Å². The Labute approximate surface area is 226 Å². The second-order valence-corrected chi connectivity index (χ2v) is 9.42. The maximum absolute atomic E-state index is 12.8. The van der Waals surface area contributed by atoms with Crippen molar-refractivity contribution in [3.8, 4) is 11.1 Å². The van der Waals surface area contributed by atoms with E-state index in [9.17, 15) is 14.4 Å². The minimum absolute atomic E-state index is 0.0987. The molecule has 3 aromatic carbocycles. The molecule has 5 rings (SSSR count). The summed E-state index contributed by atoms with van der Waals surface area (Å²) in [6, 6.07) is 24.3. The molecule has 0 bridgehead atoms. The van der Waals surface area contributed by atoms with Crippen molar-refractivity contribution in [1.29, 1.82) is 0 Å². The molecule has 8 nitrogen and oxygen atoms in total. The Balaban J connectivity index is 1.26. The van der Waals surface area contributed by atoms with Gasteiger partial charge >= 0.3 is 5.91 Å². The van der Waals surface area contributed by atoms with Crippen LogP contribution in [0.4, 0.5) is 0 Å². The number of nitrogens with one attached hydrogen (secondary N) is 3. The fourth-order valence-corrected chi connectivity index (χ4v) is 4.57. The molecule has 0 radical (unpaired) electrons. The third kappa shape index (κ3) is 5.65. The number of benzene rings is 3. The SMILES string of the molecule is Cc1ccc(C(=O)NNC(=O)c2oc3c(c2C)/C(=N/NC(=O)c2ccc(-c4ccccc4)cc2)CCC3)cc1. The number of carbonyl (C=O) groups excluding carboxylic acids is 3. The molecule has 1 heterocycles. The number of furan rings is 1. The summed E-state index contributed by atoms with van der Waals surface area (Å²) >= 11 is 0. The number of nitrogens with zero attached hydrogens (tertiary/aromatic N) is 1. The van der Waals surface area contributed by atoms with Gasteiger partial charge in [-0.3, -0.25) is 25.2 Å². The molecule has 1 aliphatic carbocycles. The van der Waals surface area contributed by atoms with Crippen molar-refractivity contribution >= 4 is 23.4 Å². The normalized spacial score (nSPS) is 13.4. The van der Waals surface area contributed by atoms with Gasteiger partial charge in [-0.15, -0.1) is 0 Å². The van der Waals surface area contributed by atoms with Crippen molar-refractivity contribution in [2.75, 3.05) is 0 Å². The average molecular weight is 521 g/mol. The van der Waals surface area contributed by atoms with Gasteiger partial charge in [0.05, 0.1) is 5.71 Å². The van der Waals surface area contributed by atoms with E-state index in [0.717, 1.165) is 28.7 Å². The molecule has 3 amide bonds. The quantitative estimate of drug-likeness (QED) is 0.318. The number of hydrazine groups is 1. The Bertz CT molecular complexity index is 1550. The first-order valence-corrected chi connectivity index (χ1v) is 12.7. The minimum atomic E-state index is -0.566. The van der Waals surface area contributed by atoms with Crippen LogP contribution in [-0.4, -0.2) is 23.4 Å². The summed E-state index contributed by atoms with van der Waals surface area (Å²) in [6.45, 7) is 3.70. The van der Waals surface area contributed by atoms with E-state index in [1.807, 2.05) is 61.5 Å². The van der Waals surface area contributed by atoms with Crippen LogP contribution in [-0.2, 0) is 6.42 Å². The van der Waals surface area contributed by atoms with Gasteiger partial charge in [-0.25, -0.2) is 5.43 Å². The lowest BCUT2D eigenvalue weighted by Crippen LogP contribution is -2.41. The largest absolute Gasteiger partial charge is 0.455 e. The molecule has 0 unspecified atom stereocenters. The molecule has 0 saturated carbocycles. The summed E-state index contributed by atoms with van der Waals surface area (Å²) in [4.78, 5) is 38.0. The van der Waals surface area contributed by atoms with Gasteiger partial charge < -0.3 is 4.42 Å². The molecule has 1 aliphatic rings.